The fourth-order valence-corrected chi connectivity index (χ4v) is 7.94. The maximum Gasteiger partial charge on any atom is 0.229 e. The number of ether oxygens (including phenoxy) is 1. The van der Waals surface area contributed by atoms with E-state index in [1.807, 2.05) is 30.6 Å². The second-order valence-electron chi connectivity index (χ2n) is 13.6. The van der Waals surface area contributed by atoms with E-state index in [0.717, 1.165) is 75.2 Å². The van der Waals surface area contributed by atoms with Crippen molar-refractivity contribution < 1.29 is 9.30 Å². The van der Waals surface area contributed by atoms with Crippen molar-refractivity contribution in [2.75, 3.05) is 82.8 Å². The maximum absolute atomic E-state index is 13.5. The van der Waals surface area contributed by atoms with Crippen LogP contribution in [0.2, 0.25) is 0 Å². The quantitative estimate of drug-likeness (QED) is 0.118. The molecule has 0 radical (unpaired) electrons. The molecule has 2 aromatic heterocycles. The largest absolute Gasteiger partial charge is 0.494 e. The molecule has 0 saturated carbocycles. The molecule has 11 nitrogen and oxygen atoms in total. The van der Waals surface area contributed by atoms with Gasteiger partial charge in [-0.2, -0.15) is 4.98 Å². The molecule has 4 aromatic rings. The summed E-state index contributed by atoms with van der Waals surface area (Å²) in [6.45, 7) is 15.6. The molecule has 2 aromatic carbocycles. The Bertz CT molecular complexity index is 1830. The van der Waals surface area contributed by atoms with Gasteiger partial charge in [-0.25, -0.2) is 15.0 Å². The Morgan fingerprint density at radius 1 is 0.961 bits per heavy atom. The first-order valence-corrected chi connectivity index (χ1v) is 21.2. The second kappa shape index (κ2) is 17.3. The number of likely N-dealkylation sites (N-methyl/N-ethyl adjacent to an activating group) is 1. The molecule has 1 saturated heterocycles. The highest BCUT2D eigenvalue weighted by Crippen LogP contribution is 2.41. The summed E-state index contributed by atoms with van der Waals surface area (Å²) in [5, 5.41) is 7.49. The molecule has 0 bridgehead atoms. The topological polar surface area (TPSA) is 112 Å². The van der Waals surface area contributed by atoms with Crippen molar-refractivity contribution in [2.45, 2.75) is 52.5 Å². The first kappa shape index (κ1) is 38.7. The SMILES string of the molecule is CCc1cnc(-c2ccc(Nc3nc(Nc4cc(CC)c(N(C)CCC(CC)N5CCN(C)CC5)cc4OC)ncc3Br)c(P(C)(C)=O)c2)nc1. The van der Waals surface area contributed by atoms with Gasteiger partial charge in [0.1, 0.15) is 18.7 Å². The van der Waals surface area contributed by atoms with Gasteiger partial charge in [0.05, 0.1) is 23.0 Å². The second-order valence-corrected chi connectivity index (χ2v) is 17.7. The lowest BCUT2D eigenvalue weighted by atomic mass is 10.0. The number of nitrogens with zero attached hydrogens (tertiary/aromatic N) is 7. The highest BCUT2D eigenvalue weighted by Gasteiger charge is 2.23. The van der Waals surface area contributed by atoms with Crippen molar-refractivity contribution >= 4 is 57.2 Å². The number of hydrogen-bond acceptors (Lipinski definition) is 11. The van der Waals surface area contributed by atoms with E-state index in [2.05, 4.69) is 103 Å². The summed E-state index contributed by atoms with van der Waals surface area (Å²) in [6.07, 6.45) is 9.36. The van der Waals surface area contributed by atoms with Crippen molar-refractivity contribution in [2.24, 2.45) is 0 Å². The van der Waals surface area contributed by atoms with Crippen LogP contribution in [0.25, 0.3) is 11.4 Å². The molecule has 0 spiro atoms. The summed E-state index contributed by atoms with van der Waals surface area (Å²) < 4.78 is 20.1. The Balaban J connectivity index is 1.35. The first-order chi connectivity index (χ1) is 24.4. The summed E-state index contributed by atoms with van der Waals surface area (Å²) in [6, 6.07) is 10.6. The van der Waals surface area contributed by atoms with Gasteiger partial charge in [-0.15, -0.1) is 0 Å². The molecule has 1 atom stereocenters. The van der Waals surface area contributed by atoms with Crippen LogP contribution in [0.4, 0.5) is 28.8 Å². The van der Waals surface area contributed by atoms with Crippen molar-refractivity contribution in [3.05, 3.63) is 64.5 Å². The number of halogens is 1. The number of piperazine rings is 1. The smallest absolute Gasteiger partial charge is 0.229 e. The minimum Gasteiger partial charge on any atom is -0.494 e. The molecule has 3 heterocycles. The van der Waals surface area contributed by atoms with Crippen LogP contribution < -0.4 is 25.6 Å². The predicted molar refractivity (Wildman–Crippen MR) is 216 cm³/mol. The van der Waals surface area contributed by atoms with E-state index in [4.69, 9.17) is 9.72 Å². The van der Waals surface area contributed by atoms with Crippen LogP contribution in [-0.2, 0) is 17.4 Å². The molecule has 0 aliphatic carbocycles. The third-order valence-electron chi connectivity index (χ3n) is 9.71. The first-order valence-electron chi connectivity index (χ1n) is 17.9. The van der Waals surface area contributed by atoms with E-state index in [-0.39, 0.29) is 0 Å². The van der Waals surface area contributed by atoms with Gasteiger partial charge in [0.25, 0.3) is 0 Å². The Labute approximate surface area is 312 Å². The zero-order valence-corrected chi connectivity index (χ0v) is 33.8. The lowest BCUT2D eigenvalue weighted by Crippen LogP contribution is -2.49. The normalized spacial score (nSPS) is 14.7. The van der Waals surface area contributed by atoms with Crippen molar-refractivity contribution in [1.29, 1.82) is 0 Å². The van der Waals surface area contributed by atoms with Gasteiger partial charge in [0.15, 0.2) is 5.82 Å². The Morgan fingerprint density at radius 2 is 1.69 bits per heavy atom. The van der Waals surface area contributed by atoms with E-state index in [1.165, 1.54) is 11.3 Å². The molecule has 0 amide bonds. The van der Waals surface area contributed by atoms with Crippen LogP contribution in [0, 0.1) is 0 Å². The number of benzene rings is 2. The van der Waals surface area contributed by atoms with Gasteiger partial charge in [-0.1, -0.05) is 20.8 Å². The minimum absolute atomic E-state index is 0.402. The van der Waals surface area contributed by atoms with Crippen molar-refractivity contribution in [3.8, 4) is 17.1 Å². The fraction of sp³-hybridized carbons (Fsp3) is 0.474. The Morgan fingerprint density at radius 3 is 2.31 bits per heavy atom. The number of anilines is 5. The van der Waals surface area contributed by atoms with Crippen LogP contribution in [-0.4, -0.2) is 103 Å². The average Bonchev–Trinajstić information content (AvgIpc) is 3.13. The van der Waals surface area contributed by atoms with Gasteiger partial charge in [0.2, 0.25) is 5.95 Å². The predicted octanol–water partition coefficient (Wildman–Crippen LogP) is 7.42. The molecule has 1 aliphatic rings. The molecule has 51 heavy (non-hydrogen) atoms. The van der Waals surface area contributed by atoms with E-state index >= 15 is 0 Å². The van der Waals surface area contributed by atoms with Crippen LogP contribution in [0.15, 0.2) is 53.4 Å². The summed E-state index contributed by atoms with van der Waals surface area (Å²) in [4.78, 5) is 25.9. The molecule has 1 fully saturated rings. The third kappa shape index (κ3) is 9.66. The Hall–Kier alpha value is -3.57. The number of nitrogens with one attached hydrogen (secondary N) is 2. The summed E-state index contributed by atoms with van der Waals surface area (Å²) in [7, 11) is 3.36. The van der Waals surface area contributed by atoms with Gasteiger partial charge in [0, 0.05) is 87.0 Å². The third-order valence-corrected chi connectivity index (χ3v) is 11.8. The maximum atomic E-state index is 13.5. The van der Waals surface area contributed by atoms with Crippen molar-refractivity contribution in [3.63, 3.8) is 0 Å². The molecular formula is C38H53BrN9O2P. The number of rotatable bonds is 15. The highest BCUT2D eigenvalue weighted by molar-refractivity contribution is 9.10. The lowest BCUT2D eigenvalue weighted by Gasteiger charge is -2.38. The van der Waals surface area contributed by atoms with Crippen LogP contribution in [0.5, 0.6) is 5.75 Å². The summed E-state index contributed by atoms with van der Waals surface area (Å²) >= 11 is 3.61. The molecule has 274 valence electrons. The van der Waals surface area contributed by atoms with Crippen LogP contribution in [0.1, 0.15) is 44.7 Å². The number of methoxy groups -OCH3 is 1. The van der Waals surface area contributed by atoms with E-state index < -0.39 is 7.14 Å². The summed E-state index contributed by atoms with van der Waals surface area (Å²) in [5.41, 5.74) is 5.73. The van der Waals surface area contributed by atoms with Gasteiger partial charge in [-0.3, -0.25) is 4.90 Å². The van der Waals surface area contributed by atoms with Crippen LogP contribution >= 0.6 is 23.1 Å². The van der Waals surface area contributed by atoms with Gasteiger partial charge in [-0.05, 0) is 97.4 Å². The lowest BCUT2D eigenvalue weighted by molar-refractivity contribution is 0.105. The standard InChI is InChI=1S/C38H53BrN9O2P/c1-9-26-23-40-36(41-24-26)28-12-13-31(35(21-28)51(7,8)49)43-37-30(39)25-42-38(45-37)44-32-20-27(10-2)33(22-34(32)50-6)47(5)15-14-29(11-3)48-18-16-46(4)17-19-48/h12-13,20-25,29H,9-11,14-19H2,1-8H3,(H2,42,43,44,45). The molecule has 13 heteroatoms. The van der Waals surface area contributed by atoms with E-state index in [9.17, 15) is 4.57 Å². The zero-order valence-electron chi connectivity index (χ0n) is 31.3. The minimum atomic E-state index is -2.71. The average molecular weight is 779 g/mol. The molecule has 1 unspecified atom stereocenters. The zero-order chi connectivity index (χ0) is 36.7. The van der Waals surface area contributed by atoms with Crippen LogP contribution in [0.3, 0.4) is 0 Å². The monoisotopic (exact) mass is 777 g/mol. The molecule has 5 rings (SSSR count). The highest BCUT2D eigenvalue weighted by atomic mass is 79.9. The number of aromatic nitrogens is 4. The number of hydrogen-bond donors (Lipinski definition) is 2. The Kier molecular flexibility index (Phi) is 13.1. The van der Waals surface area contributed by atoms with Crippen molar-refractivity contribution in [1.82, 2.24) is 29.7 Å². The molecule has 2 N–H and O–H groups in total. The molecule has 1 aliphatic heterocycles. The fourth-order valence-electron chi connectivity index (χ4n) is 6.49. The van der Waals surface area contributed by atoms with Gasteiger partial charge >= 0.3 is 0 Å². The van der Waals surface area contributed by atoms with E-state index in [0.29, 0.717) is 44.8 Å². The van der Waals surface area contributed by atoms with E-state index in [1.54, 1.807) is 26.6 Å². The number of aryl methyl sites for hydroxylation is 2. The van der Waals surface area contributed by atoms with Gasteiger partial charge < -0.3 is 29.7 Å². The summed E-state index contributed by atoms with van der Waals surface area (Å²) in [5.74, 6) is 2.25. The molecular weight excluding hydrogens is 725 g/mol.